The normalized spacial score (nSPS) is 10.1. The van der Waals surface area contributed by atoms with Crippen LogP contribution in [0.15, 0.2) is 42.6 Å². The van der Waals surface area contributed by atoms with Crippen LogP contribution in [0, 0.1) is 0 Å². The van der Waals surface area contributed by atoms with E-state index in [1.54, 1.807) is 6.20 Å². The topological polar surface area (TPSA) is 38.9 Å². The summed E-state index contributed by atoms with van der Waals surface area (Å²) in [5.41, 5.74) is 8.08. The van der Waals surface area contributed by atoms with Gasteiger partial charge in [0.05, 0.1) is 17.6 Å². The number of rotatable bonds is 1. The first-order valence-corrected chi connectivity index (χ1v) is 4.61. The van der Waals surface area contributed by atoms with Crippen molar-refractivity contribution in [1.82, 2.24) is 4.98 Å². The zero-order valence-electron chi connectivity index (χ0n) is 7.44. The van der Waals surface area contributed by atoms with Crippen LogP contribution in [-0.2, 0) is 0 Å². The van der Waals surface area contributed by atoms with E-state index < -0.39 is 0 Å². The fourth-order valence-electron chi connectivity index (χ4n) is 1.22. The second-order valence-electron chi connectivity index (χ2n) is 2.99. The Hall–Kier alpha value is -1.54. The fourth-order valence-corrected chi connectivity index (χ4v) is 1.41. The van der Waals surface area contributed by atoms with E-state index in [2.05, 4.69) is 4.98 Å². The molecular weight excluding hydrogens is 196 g/mol. The highest BCUT2D eigenvalue weighted by atomic mass is 35.5. The van der Waals surface area contributed by atoms with Gasteiger partial charge in [-0.3, -0.25) is 4.98 Å². The quantitative estimate of drug-likeness (QED) is 0.776. The van der Waals surface area contributed by atoms with Gasteiger partial charge in [0.1, 0.15) is 0 Å². The van der Waals surface area contributed by atoms with E-state index in [0.29, 0.717) is 10.7 Å². The monoisotopic (exact) mass is 204 g/mol. The molecular formula is C11H9ClN2. The van der Waals surface area contributed by atoms with Crippen LogP contribution in [0.1, 0.15) is 0 Å². The van der Waals surface area contributed by atoms with Crippen LogP contribution < -0.4 is 5.73 Å². The van der Waals surface area contributed by atoms with Gasteiger partial charge in [0.25, 0.3) is 0 Å². The van der Waals surface area contributed by atoms with E-state index in [1.165, 1.54) is 0 Å². The highest BCUT2D eigenvalue weighted by molar-refractivity contribution is 6.30. The van der Waals surface area contributed by atoms with Crippen molar-refractivity contribution >= 4 is 17.3 Å². The van der Waals surface area contributed by atoms with Crippen molar-refractivity contribution in [2.75, 3.05) is 5.73 Å². The van der Waals surface area contributed by atoms with Gasteiger partial charge < -0.3 is 5.73 Å². The largest absolute Gasteiger partial charge is 0.397 e. The molecule has 1 aromatic heterocycles. The molecule has 0 radical (unpaired) electrons. The van der Waals surface area contributed by atoms with Gasteiger partial charge in [0, 0.05) is 10.6 Å². The SMILES string of the molecule is Nc1ccc(-c2cccc(Cl)c2)nc1. The molecule has 0 aliphatic carbocycles. The third-order valence-electron chi connectivity index (χ3n) is 1.91. The highest BCUT2D eigenvalue weighted by Crippen LogP contribution is 2.20. The Bertz CT molecular complexity index is 437. The van der Waals surface area contributed by atoms with Crippen molar-refractivity contribution in [1.29, 1.82) is 0 Å². The number of pyridine rings is 1. The highest BCUT2D eigenvalue weighted by Gasteiger charge is 1.98. The molecule has 0 amide bonds. The maximum absolute atomic E-state index is 5.87. The predicted octanol–water partition coefficient (Wildman–Crippen LogP) is 2.98. The maximum atomic E-state index is 5.87. The lowest BCUT2D eigenvalue weighted by atomic mass is 10.1. The fraction of sp³-hybridized carbons (Fsp3) is 0. The van der Waals surface area contributed by atoms with Gasteiger partial charge >= 0.3 is 0 Å². The van der Waals surface area contributed by atoms with Gasteiger partial charge in [-0.15, -0.1) is 0 Å². The van der Waals surface area contributed by atoms with Crippen molar-refractivity contribution in [3.05, 3.63) is 47.6 Å². The number of nitrogens with two attached hydrogens (primary N) is 1. The molecule has 0 saturated heterocycles. The Morgan fingerprint density at radius 2 is 2.00 bits per heavy atom. The van der Waals surface area contributed by atoms with Crippen LogP contribution in [0.4, 0.5) is 5.69 Å². The van der Waals surface area contributed by atoms with E-state index in [-0.39, 0.29) is 0 Å². The number of nitrogen functional groups attached to an aromatic ring is 1. The van der Waals surface area contributed by atoms with E-state index >= 15 is 0 Å². The first kappa shape index (κ1) is 9.03. The Labute approximate surface area is 87.4 Å². The molecule has 0 aliphatic rings. The Balaban J connectivity index is 2.44. The molecule has 14 heavy (non-hydrogen) atoms. The van der Waals surface area contributed by atoms with Crippen molar-refractivity contribution in [2.45, 2.75) is 0 Å². The molecule has 0 bridgehead atoms. The molecule has 0 atom stereocenters. The number of hydrogen-bond donors (Lipinski definition) is 1. The number of benzene rings is 1. The summed E-state index contributed by atoms with van der Waals surface area (Å²) in [7, 11) is 0. The molecule has 2 N–H and O–H groups in total. The Morgan fingerprint density at radius 1 is 1.14 bits per heavy atom. The molecule has 0 aliphatic heterocycles. The molecule has 0 saturated carbocycles. The third kappa shape index (κ3) is 1.86. The van der Waals surface area contributed by atoms with Crippen molar-refractivity contribution in [2.24, 2.45) is 0 Å². The average Bonchev–Trinajstić information content (AvgIpc) is 2.19. The number of aromatic nitrogens is 1. The van der Waals surface area contributed by atoms with E-state index in [1.807, 2.05) is 36.4 Å². The van der Waals surface area contributed by atoms with Crippen molar-refractivity contribution in [3.8, 4) is 11.3 Å². The smallest absolute Gasteiger partial charge is 0.0704 e. The number of nitrogens with zero attached hydrogens (tertiary/aromatic N) is 1. The van der Waals surface area contributed by atoms with Crippen LogP contribution in [0.5, 0.6) is 0 Å². The van der Waals surface area contributed by atoms with E-state index in [4.69, 9.17) is 17.3 Å². The first-order chi connectivity index (χ1) is 6.75. The molecule has 0 fully saturated rings. The standard InChI is InChI=1S/C11H9ClN2/c12-9-3-1-2-8(6-9)11-5-4-10(13)7-14-11/h1-7H,13H2. The lowest BCUT2D eigenvalue weighted by molar-refractivity contribution is 1.33. The van der Waals surface area contributed by atoms with Crippen molar-refractivity contribution < 1.29 is 0 Å². The van der Waals surface area contributed by atoms with Gasteiger partial charge in [-0.1, -0.05) is 23.7 Å². The lowest BCUT2D eigenvalue weighted by Gasteiger charge is -2.01. The average molecular weight is 205 g/mol. The summed E-state index contributed by atoms with van der Waals surface area (Å²) in [6.45, 7) is 0. The van der Waals surface area contributed by atoms with E-state index in [0.717, 1.165) is 11.3 Å². The van der Waals surface area contributed by atoms with Crippen LogP contribution >= 0.6 is 11.6 Å². The molecule has 3 heteroatoms. The van der Waals surface area contributed by atoms with E-state index in [9.17, 15) is 0 Å². The zero-order valence-corrected chi connectivity index (χ0v) is 8.20. The van der Waals surface area contributed by atoms with Crippen LogP contribution in [-0.4, -0.2) is 4.98 Å². The molecule has 70 valence electrons. The van der Waals surface area contributed by atoms with Gasteiger partial charge in [-0.25, -0.2) is 0 Å². The molecule has 2 aromatic rings. The summed E-state index contributed by atoms with van der Waals surface area (Å²) in [5.74, 6) is 0. The predicted molar refractivity (Wildman–Crippen MR) is 59.1 cm³/mol. The summed E-state index contributed by atoms with van der Waals surface area (Å²) in [4.78, 5) is 4.21. The van der Waals surface area contributed by atoms with Crippen molar-refractivity contribution in [3.63, 3.8) is 0 Å². The molecule has 1 heterocycles. The minimum absolute atomic E-state index is 0.663. The maximum Gasteiger partial charge on any atom is 0.0704 e. The summed E-state index contributed by atoms with van der Waals surface area (Å²) >= 11 is 5.87. The third-order valence-corrected chi connectivity index (χ3v) is 2.14. The van der Waals surface area contributed by atoms with Gasteiger partial charge in [-0.05, 0) is 24.3 Å². The molecule has 2 nitrogen and oxygen atoms in total. The lowest BCUT2D eigenvalue weighted by Crippen LogP contribution is -1.87. The zero-order chi connectivity index (χ0) is 9.97. The molecule has 2 rings (SSSR count). The van der Waals surface area contributed by atoms with Crippen LogP contribution in [0.25, 0.3) is 11.3 Å². The van der Waals surface area contributed by atoms with Gasteiger partial charge in [0.2, 0.25) is 0 Å². The Kier molecular flexibility index (Phi) is 2.37. The summed E-state index contributed by atoms with van der Waals surface area (Å²) < 4.78 is 0. The minimum atomic E-state index is 0.663. The number of hydrogen-bond acceptors (Lipinski definition) is 2. The molecule has 0 spiro atoms. The summed E-state index contributed by atoms with van der Waals surface area (Å²) in [6, 6.07) is 11.3. The molecule has 1 aromatic carbocycles. The summed E-state index contributed by atoms with van der Waals surface area (Å²) in [6.07, 6.45) is 1.64. The van der Waals surface area contributed by atoms with Gasteiger partial charge in [-0.2, -0.15) is 0 Å². The summed E-state index contributed by atoms with van der Waals surface area (Å²) in [5, 5.41) is 0.709. The molecule has 0 unspecified atom stereocenters. The Morgan fingerprint density at radius 3 is 2.64 bits per heavy atom. The first-order valence-electron chi connectivity index (χ1n) is 4.23. The number of halogens is 1. The number of anilines is 1. The second kappa shape index (κ2) is 3.68. The minimum Gasteiger partial charge on any atom is -0.397 e. The van der Waals surface area contributed by atoms with Gasteiger partial charge in [0.15, 0.2) is 0 Å². The van der Waals surface area contributed by atoms with Crippen LogP contribution in [0.2, 0.25) is 5.02 Å². The van der Waals surface area contributed by atoms with Crippen LogP contribution in [0.3, 0.4) is 0 Å². The second-order valence-corrected chi connectivity index (χ2v) is 3.42.